The van der Waals surface area contributed by atoms with Crippen molar-refractivity contribution in [2.75, 3.05) is 0 Å². The monoisotopic (exact) mass is 224 g/mol. The van der Waals surface area contributed by atoms with Crippen LogP contribution >= 0.6 is 0 Å². The molecule has 4 nitrogen and oxygen atoms in total. The van der Waals surface area contributed by atoms with Crippen LogP contribution < -0.4 is 11.1 Å². The minimum atomic E-state index is -0.300. The van der Waals surface area contributed by atoms with Gasteiger partial charge in [-0.3, -0.25) is 4.79 Å². The first-order valence-corrected chi connectivity index (χ1v) is 5.50. The van der Waals surface area contributed by atoms with E-state index in [-0.39, 0.29) is 17.5 Å². The van der Waals surface area contributed by atoms with Crippen LogP contribution in [0.3, 0.4) is 0 Å². The normalized spacial score (nSPS) is 13.5. The zero-order valence-electron chi connectivity index (χ0n) is 10.1. The smallest absolute Gasteiger partial charge is 0.220 e. The molecule has 4 heteroatoms. The number of carbonyl (C=O) groups excluding carboxylic acids is 1. The molecule has 16 heavy (non-hydrogen) atoms. The Morgan fingerprint density at radius 1 is 1.62 bits per heavy atom. The van der Waals surface area contributed by atoms with E-state index in [4.69, 9.17) is 10.2 Å². The third-order valence-corrected chi connectivity index (χ3v) is 2.34. The first-order chi connectivity index (χ1) is 7.38. The van der Waals surface area contributed by atoms with Crippen LogP contribution in [-0.2, 0) is 4.79 Å². The molecule has 0 fully saturated rings. The molecule has 90 valence electrons. The van der Waals surface area contributed by atoms with Gasteiger partial charge in [0, 0.05) is 12.0 Å². The number of hydrogen-bond donors (Lipinski definition) is 2. The van der Waals surface area contributed by atoms with Gasteiger partial charge >= 0.3 is 0 Å². The van der Waals surface area contributed by atoms with Gasteiger partial charge in [0.25, 0.3) is 0 Å². The second-order valence-corrected chi connectivity index (χ2v) is 4.79. The second-order valence-electron chi connectivity index (χ2n) is 4.79. The van der Waals surface area contributed by atoms with E-state index in [1.165, 1.54) is 0 Å². The summed E-state index contributed by atoms with van der Waals surface area (Å²) < 4.78 is 5.20. The predicted octanol–water partition coefficient (Wildman–Crippen LogP) is 1.97. The topological polar surface area (TPSA) is 68.3 Å². The molecule has 1 aromatic rings. The first-order valence-electron chi connectivity index (χ1n) is 5.50. The van der Waals surface area contributed by atoms with E-state index in [9.17, 15) is 4.79 Å². The van der Waals surface area contributed by atoms with Crippen molar-refractivity contribution < 1.29 is 9.21 Å². The number of carbonyl (C=O) groups is 1. The summed E-state index contributed by atoms with van der Waals surface area (Å²) in [7, 11) is 0. The number of hydrogen-bond acceptors (Lipinski definition) is 3. The molecule has 0 aliphatic rings. The first kappa shape index (κ1) is 12.8. The van der Waals surface area contributed by atoms with Crippen LogP contribution in [0.5, 0.6) is 0 Å². The molecule has 0 saturated heterocycles. The van der Waals surface area contributed by atoms with Crippen LogP contribution in [0.25, 0.3) is 0 Å². The van der Waals surface area contributed by atoms with Crippen molar-refractivity contribution in [3.8, 4) is 0 Å². The van der Waals surface area contributed by atoms with Gasteiger partial charge in [0.2, 0.25) is 5.91 Å². The minimum absolute atomic E-state index is 0.00225. The van der Waals surface area contributed by atoms with Gasteiger partial charge < -0.3 is 15.5 Å². The Labute approximate surface area is 96.2 Å². The average molecular weight is 224 g/mol. The van der Waals surface area contributed by atoms with Crippen molar-refractivity contribution in [1.82, 2.24) is 5.32 Å². The van der Waals surface area contributed by atoms with E-state index >= 15 is 0 Å². The van der Waals surface area contributed by atoms with Gasteiger partial charge in [0.15, 0.2) is 0 Å². The molecule has 1 rings (SSSR count). The summed E-state index contributed by atoms with van der Waals surface area (Å²) in [5.74, 6) is 0.766. The maximum absolute atomic E-state index is 11.6. The van der Waals surface area contributed by atoms with Crippen molar-refractivity contribution in [2.24, 2.45) is 5.73 Å². The highest BCUT2D eigenvalue weighted by Crippen LogP contribution is 2.13. The zero-order valence-corrected chi connectivity index (χ0v) is 10.1. The van der Waals surface area contributed by atoms with Crippen molar-refractivity contribution in [1.29, 1.82) is 0 Å². The maximum Gasteiger partial charge on any atom is 0.220 e. The largest absolute Gasteiger partial charge is 0.467 e. The van der Waals surface area contributed by atoms with Crippen LogP contribution in [-0.4, -0.2) is 11.4 Å². The lowest BCUT2D eigenvalue weighted by Crippen LogP contribution is -2.35. The molecule has 0 aliphatic carbocycles. The summed E-state index contributed by atoms with van der Waals surface area (Å²) in [5, 5.41) is 2.87. The number of nitrogens with one attached hydrogen (secondary N) is 1. The highest BCUT2D eigenvalue weighted by molar-refractivity contribution is 5.76. The zero-order chi connectivity index (χ0) is 12.2. The predicted molar refractivity (Wildman–Crippen MR) is 62.8 cm³/mol. The van der Waals surface area contributed by atoms with Gasteiger partial charge in [-0.15, -0.1) is 0 Å². The summed E-state index contributed by atoms with van der Waals surface area (Å²) in [6.45, 7) is 5.72. The van der Waals surface area contributed by atoms with E-state index < -0.39 is 0 Å². The summed E-state index contributed by atoms with van der Waals surface area (Å²) >= 11 is 0. The second kappa shape index (κ2) is 5.16. The SMILES string of the molecule is C[C@H](NC(=O)CCC(C)(C)N)c1ccco1. The van der Waals surface area contributed by atoms with Crippen LogP contribution in [0.2, 0.25) is 0 Å². The molecule has 0 saturated carbocycles. The van der Waals surface area contributed by atoms with E-state index in [2.05, 4.69) is 5.32 Å². The Morgan fingerprint density at radius 3 is 2.81 bits per heavy atom. The Balaban J connectivity index is 2.35. The van der Waals surface area contributed by atoms with Gasteiger partial charge in [0.05, 0.1) is 12.3 Å². The molecule has 1 atom stereocenters. The summed E-state index contributed by atoms with van der Waals surface area (Å²) in [6.07, 6.45) is 2.71. The Morgan fingerprint density at radius 2 is 2.31 bits per heavy atom. The summed E-state index contributed by atoms with van der Waals surface area (Å²) in [6, 6.07) is 3.56. The van der Waals surface area contributed by atoms with Crippen LogP contribution in [0, 0.1) is 0 Å². The van der Waals surface area contributed by atoms with Crippen molar-refractivity contribution in [2.45, 2.75) is 45.2 Å². The molecular formula is C12H20N2O2. The molecule has 0 aliphatic heterocycles. The van der Waals surface area contributed by atoms with E-state index in [0.29, 0.717) is 12.8 Å². The third-order valence-electron chi connectivity index (χ3n) is 2.34. The molecular weight excluding hydrogens is 204 g/mol. The molecule has 0 aromatic carbocycles. The Kier molecular flexibility index (Phi) is 4.12. The molecule has 0 spiro atoms. The number of rotatable bonds is 5. The fourth-order valence-electron chi connectivity index (χ4n) is 1.36. The molecule has 1 amide bonds. The summed E-state index contributed by atoms with van der Waals surface area (Å²) in [4.78, 5) is 11.6. The van der Waals surface area contributed by atoms with Crippen molar-refractivity contribution >= 4 is 5.91 Å². The highest BCUT2D eigenvalue weighted by atomic mass is 16.3. The fourth-order valence-corrected chi connectivity index (χ4v) is 1.36. The molecule has 0 unspecified atom stereocenters. The quantitative estimate of drug-likeness (QED) is 0.803. The Hall–Kier alpha value is -1.29. The van der Waals surface area contributed by atoms with E-state index in [1.807, 2.05) is 26.8 Å². The molecule has 1 heterocycles. The number of nitrogens with two attached hydrogens (primary N) is 1. The molecule has 1 aromatic heterocycles. The van der Waals surface area contributed by atoms with Gasteiger partial charge in [0.1, 0.15) is 5.76 Å². The molecule has 3 N–H and O–H groups in total. The lowest BCUT2D eigenvalue weighted by atomic mass is 10.00. The Bertz CT molecular complexity index is 325. The molecule has 0 bridgehead atoms. The summed E-state index contributed by atoms with van der Waals surface area (Å²) in [5.41, 5.74) is 5.51. The fraction of sp³-hybridized carbons (Fsp3) is 0.583. The lowest BCUT2D eigenvalue weighted by molar-refractivity contribution is -0.122. The van der Waals surface area contributed by atoms with Crippen LogP contribution in [0.15, 0.2) is 22.8 Å². The number of furan rings is 1. The van der Waals surface area contributed by atoms with E-state index in [1.54, 1.807) is 12.3 Å². The number of amides is 1. The minimum Gasteiger partial charge on any atom is -0.467 e. The van der Waals surface area contributed by atoms with Gasteiger partial charge in [-0.2, -0.15) is 0 Å². The average Bonchev–Trinajstić information content (AvgIpc) is 2.66. The standard InChI is InChI=1S/C12H20N2O2/c1-9(10-5-4-8-16-10)14-11(15)6-7-12(2,3)13/h4-5,8-9H,6-7,13H2,1-3H3,(H,14,15)/t9-/m0/s1. The third kappa shape index (κ3) is 4.49. The highest BCUT2D eigenvalue weighted by Gasteiger charge is 2.15. The van der Waals surface area contributed by atoms with Gasteiger partial charge in [-0.05, 0) is 39.3 Å². The van der Waals surface area contributed by atoms with Crippen LogP contribution in [0.4, 0.5) is 0 Å². The van der Waals surface area contributed by atoms with Gasteiger partial charge in [-0.25, -0.2) is 0 Å². The van der Waals surface area contributed by atoms with Crippen molar-refractivity contribution in [3.05, 3.63) is 24.2 Å². The molecule has 0 radical (unpaired) electrons. The van der Waals surface area contributed by atoms with E-state index in [0.717, 1.165) is 5.76 Å². The van der Waals surface area contributed by atoms with Gasteiger partial charge in [-0.1, -0.05) is 0 Å². The maximum atomic E-state index is 11.6. The van der Waals surface area contributed by atoms with Crippen LogP contribution in [0.1, 0.15) is 45.4 Å². The van der Waals surface area contributed by atoms with Crippen molar-refractivity contribution in [3.63, 3.8) is 0 Å². The lowest BCUT2D eigenvalue weighted by Gasteiger charge is -2.18.